The fourth-order valence-electron chi connectivity index (χ4n) is 3.69. The summed E-state index contributed by atoms with van der Waals surface area (Å²) in [5, 5.41) is 21.1. The molecule has 12 nitrogen and oxygen atoms in total. The zero-order valence-electron chi connectivity index (χ0n) is 17.9. The molecule has 4 rings (SSSR count). The second-order valence-electron chi connectivity index (χ2n) is 7.81. The highest BCUT2D eigenvalue weighted by Gasteiger charge is 2.45. The molecule has 0 saturated carbocycles. The van der Waals surface area contributed by atoms with Crippen LogP contribution >= 0.6 is 19.4 Å². The van der Waals surface area contributed by atoms with Crippen molar-refractivity contribution in [3.05, 3.63) is 86.4 Å². The summed E-state index contributed by atoms with van der Waals surface area (Å²) in [4.78, 5) is 47.5. The summed E-state index contributed by atoms with van der Waals surface area (Å²) >= 11 is 5.93. The average molecular weight is 526 g/mol. The van der Waals surface area contributed by atoms with Crippen LogP contribution in [-0.2, 0) is 20.4 Å². The molecule has 0 radical (unpaired) electrons. The smallest absolute Gasteiger partial charge is 0.387 e. The monoisotopic (exact) mass is 525 g/mol. The van der Waals surface area contributed by atoms with Gasteiger partial charge in [-0.15, -0.1) is 0 Å². The van der Waals surface area contributed by atoms with Gasteiger partial charge in [0.15, 0.2) is 6.23 Å². The molecule has 4 atom stereocenters. The summed E-state index contributed by atoms with van der Waals surface area (Å²) in [5.41, 5.74) is 0.594. The maximum absolute atomic E-state index is 13.1. The van der Waals surface area contributed by atoms with Gasteiger partial charge in [0.05, 0.1) is 18.8 Å². The highest BCUT2D eigenvalue weighted by atomic mass is 35.5. The normalized spacial score (nSPS) is 22.4. The lowest BCUT2D eigenvalue weighted by atomic mass is 10.1. The molecule has 0 amide bonds. The largest absolute Gasteiger partial charge is 0.469 e. The van der Waals surface area contributed by atoms with Crippen molar-refractivity contribution in [2.75, 3.05) is 6.61 Å². The quantitative estimate of drug-likeness (QED) is 0.318. The average Bonchev–Trinajstić information content (AvgIpc) is 3.09. The summed E-state index contributed by atoms with van der Waals surface area (Å²) in [7, 11) is -4.85. The summed E-state index contributed by atoms with van der Waals surface area (Å²) in [5.74, 6) is 0. The summed E-state index contributed by atoms with van der Waals surface area (Å²) in [6.45, 7) is -0.912. The van der Waals surface area contributed by atoms with Gasteiger partial charge < -0.3 is 24.7 Å². The summed E-state index contributed by atoms with van der Waals surface area (Å²) < 4.78 is 22.5. The first-order valence-corrected chi connectivity index (χ1v) is 12.2. The standard InChI is InChI=1S/C21H21ClN3O9P/c22-14-3-1-12(2-4-14)13-5-7-23-15(9-13)10-25-17(26)6-8-24(21(25)29)20-19(28)18(27)16(34-20)11-33-35(30,31)32/h1-9,16,18-20,27-28H,10-11H2,(H2,30,31,32)/t16-,18?,19?,20-/m1/s1. The number of nitrogens with zero attached hydrogens (tertiary/aromatic N) is 3. The van der Waals surface area contributed by atoms with E-state index in [1.165, 1.54) is 6.20 Å². The van der Waals surface area contributed by atoms with E-state index in [0.29, 0.717) is 10.7 Å². The van der Waals surface area contributed by atoms with Gasteiger partial charge in [0.25, 0.3) is 5.56 Å². The molecule has 1 fully saturated rings. The molecule has 1 aliphatic heterocycles. The Bertz CT molecular complexity index is 1370. The van der Waals surface area contributed by atoms with Crippen LogP contribution in [0.1, 0.15) is 11.9 Å². The van der Waals surface area contributed by atoms with Gasteiger partial charge in [0.2, 0.25) is 0 Å². The minimum absolute atomic E-state index is 0.184. The van der Waals surface area contributed by atoms with Crippen LogP contribution in [0.4, 0.5) is 0 Å². The minimum Gasteiger partial charge on any atom is -0.387 e. The topological polar surface area (TPSA) is 173 Å². The van der Waals surface area contributed by atoms with E-state index < -0.39 is 50.2 Å². The third kappa shape index (κ3) is 5.77. The lowest BCUT2D eigenvalue weighted by molar-refractivity contribution is -0.0548. The number of ether oxygens (including phenoxy) is 1. The number of aromatic nitrogens is 3. The van der Waals surface area contributed by atoms with Crippen LogP contribution in [0.2, 0.25) is 5.02 Å². The first-order chi connectivity index (χ1) is 16.5. The van der Waals surface area contributed by atoms with Crippen LogP contribution < -0.4 is 11.2 Å². The van der Waals surface area contributed by atoms with E-state index in [1.807, 2.05) is 12.1 Å². The van der Waals surface area contributed by atoms with E-state index in [4.69, 9.17) is 26.1 Å². The number of halogens is 1. The van der Waals surface area contributed by atoms with Gasteiger partial charge in [-0.2, -0.15) is 0 Å². The van der Waals surface area contributed by atoms with E-state index in [9.17, 15) is 24.4 Å². The van der Waals surface area contributed by atoms with Gasteiger partial charge >= 0.3 is 13.5 Å². The highest BCUT2D eigenvalue weighted by molar-refractivity contribution is 7.46. The van der Waals surface area contributed by atoms with Crippen molar-refractivity contribution >= 4 is 19.4 Å². The number of phosphoric acid groups is 1. The van der Waals surface area contributed by atoms with Crippen molar-refractivity contribution in [2.24, 2.45) is 0 Å². The molecular formula is C21H21ClN3O9P. The molecule has 1 aromatic carbocycles. The van der Waals surface area contributed by atoms with Crippen LogP contribution in [0.15, 0.2) is 64.4 Å². The summed E-state index contributed by atoms with van der Waals surface area (Å²) in [6, 6.07) is 11.7. The van der Waals surface area contributed by atoms with Crippen LogP contribution in [0.3, 0.4) is 0 Å². The molecule has 0 spiro atoms. The van der Waals surface area contributed by atoms with Gasteiger partial charge in [-0.05, 0) is 35.4 Å². The lowest BCUT2D eigenvalue weighted by Gasteiger charge is -2.18. The van der Waals surface area contributed by atoms with E-state index >= 15 is 0 Å². The van der Waals surface area contributed by atoms with E-state index in [-0.39, 0.29) is 6.54 Å². The van der Waals surface area contributed by atoms with Crippen LogP contribution in [0, 0.1) is 0 Å². The molecule has 3 aromatic rings. The summed E-state index contributed by atoms with van der Waals surface area (Å²) in [6.07, 6.45) is -3.34. The van der Waals surface area contributed by atoms with Crippen molar-refractivity contribution in [3.63, 3.8) is 0 Å². The second kappa shape index (κ2) is 10.1. The number of pyridine rings is 1. The predicted molar refractivity (Wildman–Crippen MR) is 123 cm³/mol. The van der Waals surface area contributed by atoms with Gasteiger partial charge in [0.1, 0.15) is 18.3 Å². The molecule has 14 heteroatoms. The molecule has 0 bridgehead atoms. The van der Waals surface area contributed by atoms with Crippen molar-refractivity contribution < 1.29 is 33.8 Å². The molecule has 2 unspecified atom stereocenters. The Morgan fingerprint density at radius 1 is 1.06 bits per heavy atom. The Kier molecular flexibility index (Phi) is 7.36. The van der Waals surface area contributed by atoms with Gasteiger partial charge in [-0.3, -0.25) is 23.4 Å². The fraction of sp³-hybridized carbons (Fsp3) is 0.286. The minimum atomic E-state index is -4.85. The zero-order chi connectivity index (χ0) is 25.3. The fourth-order valence-corrected chi connectivity index (χ4v) is 4.15. The first-order valence-electron chi connectivity index (χ1n) is 10.3. The van der Waals surface area contributed by atoms with E-state index in [2.05, 4.69) is 9.51 Å². The number of aliphatic hydroxyl groups is 2. The molecule has 3 heterocycles. The molecule has 35 heavy (non-hydrogen) atoms. The number of hydrogen-bond acceptors (Lipinski definition) is 8. The van der Waals surface area contributed by atoms with Crippen LogP contribution in [0.25, 0.3) is 11.1 Å². The SMILES string of the molecule is O=c1ccn([C@@H]2O[C@H](COP(=O)(O)O)C(O)C2O)c(=O)n1Cc1cc(-c2ccc(Cl)cc2)ccn1. The molecule has 2 aromatic heterocycles. The Morgan fingerprint density at radius 3 is 2.46 bits per heavy atom. The Hall–Kier alpha value is -2.67. The molecular weight excluding hydrogens is 505 g/mol. The van der Waals surface area contributed by atoms with Gasteiger partial charge in [-0.25, -0.2) is 9.36 Å². The first kappa shape index (κ1) is 25.4. The van der Waals surface area contributed by atoms with Crippen molar-refractivity contribution in [3.8, 4) is 11.1 Å². The lowest BCUT2D eigenvalue weighted by Crippen LogP contribution is -2.43. The molecule has 4 N–H and O–H groups in total. The highest BCUT2D eigenvalue weighted by Crippen LogP contribution is 2.38. The molecule has 1 saturated heterocycles. The number of rotatable bonds is 7. The number of benzene rings is 1. The van der Waals surface area contributed by atoms with Crippen LogP contribution in [-0.4, -0.2) is 59.0 Å². The van der Waals surface area contributed by atoms with E-state index in [1.54, 1.807) is 24.3 Å². The zero-order valence-corrected chi connectivity index (χ0v) is 19.6. The number of hydrogen-bond donors (Lipinski definition) is 4. The van der Waals surface area contributed by atoms with Gasteiger partial charge in [0, 0.05) is 23.5 Å². The Balaban J connectivity index is 1.60. The number of phosphoric ester groups is 1. The van der Waals surface area contributed by atoms with Crippen LogP contribution in [0.5, 0.6) is 0 Å². The maximum Gasteiger partial charge on any atom is 0.469 e. The Labute approximate surface area is 202 Å². The number of aliphatic hydroxyl groups excluding tert-OH is 2. The van der Waals surface area contributed by atoms with Crippen molar-refractivity contribution in [2.45, 2.75) is 31.1 Å². The second-order valence-corrected chi connectivity index (χ2v) is 9.48. The van der Waals surface area contributed by atoms with Gasteiger partial charge in [-0.1, -0.05) is 23.7 Å². The molecule has 0 aliphatic carbocycles. The third-order valence-electron chi connectivity index (χ3n) is 5.43. The van der Waals surface area contributed by atoms with Crippen molar-refractivity contribution in [1.29, 1.82) is 0 Å². The third-order valence-corrected chi connectivity index (χ3v) is 6.17. The maximum atomic E-state index is 13.1. The van der Waals surface area contributed by atoms with Crippen molar-refractivity contribution in [1.82, 2.24) is 14.1 Å². The Morgan fingerprint density at radius 2 is 1.77 bits per heavy atom. The molecule has 186 valence electrons. The van der Waals surface area contributed by atoms with E-state index in [0.717, 1.165) is 32.5 Å². The molecule has 1 aliphatic rings. The predicted octanol–water partition coefficient (Wildman–Crippen LogP) is 0.502.